The van der Waals surface area contributed by atoms with Crippen LogP contribution in [0.15, 0.2) is 29.1 Å². The minimum atomic E-state index is -0.0730. The molecule has 1 aromatic heterocycles. The lowest BCUT2D eigenvalue weighted by atomic mass is 9.88. The molecule has 1 saturated heterocycles. The lowest BCUT2D eigenvalue weighted by molar-refractivity contribution is -0.918. The second kappa shape index (κ2) is 7.58. The van der Waals surface area contributed by atoms with Crippen molar-refractivity contribution in [3.8, 4) is 0 Å². The highest BCUT2D eigenvalue weighted by Crippen LogP contribution is 2.25. The smallest absolute Gasteiger partial charge is 0.258 e. The first kappa shape index (κ1) is 17.2. The first-order chi connectivity index (χ1) is 12.7. The number of carbonyl (C=O) groups excluding carboxylic acids is 1. The first-order valence-corrected chi connectivity index (χ1v) is 9.81. The zero-order chi connectivity index (χ0) is 17.9. The summed E-state index contributed by atoms with van der Waals surface area (Å²) in [6.45, 7) is 4.14. The third kappa shape index (κ3) is 3.65. The van der Waals surface area contributed by atoms with Crippen molar-refractivity contribution < 1.29 is 9.69 Å². The van der Waals surface area contributed by atoms with Crippen molar-refractivity contribution in [2.75, 3.05) is 26.2 Å². The van der Waals surface area contributed by atoms with E-state index in [4.69, 9.17) is 0 Å². The molecule has 6 heteroatoms. The van der Waals surface area contributed by atoms with Crippen molar-refractivity contribution in [3.05, 3.63) is 40.4 Å². The molecule has 0 atom stereocenters. The third-order valence-corrected chi connectivity index (χ3v) is 5.82. The van der Waals surface area contributed by atoms with E-state index in [1.54, 1.807) is 6.07 Å². The number of nitrogens with zero attached hydrogens (tertiary/aromatic N) is 2. The molecule has 0 unspecified atom stereocenters. The molecule has 2 aliphatic rings. The first-order valence-electron chi connectivity index (χ1n) is 9.81. The van der Waals surface area contributed by atoms with E-state index in [0.717, 1.165) is 50.4 Å². The normalized spacial score (nSPS) is 19.8. The molecule has 2 aromatic rings. The van der Waals surface area contributed by atoms with Crippen LogP contribution in [0.3, 0.4) is 0 Å². The molecular weight excluding hydrogens is 328 g/mol. The van der Waals surface area contributed by atoms with Crippen LogP contribution in [0.2, 0.25) is 0 Å². The minimum Gasteiger partial charge on any atom is -0.331 e. The number of para-hydroxylation sites is 1. The van der Waals surface area contributed by atoms with Gasteiger partial charge in [0, 0.05) is 5.92 Å². The number of amides is 1. The van der Waals surface area contributed by atoms with E-state index in [9.17, 15) is 9.59 Å². The van der Waals surface area contributed by atoms with Gasteiger partial charge in [0.2, 0.25) is 5.91 Å². The molecule has 0 spiro atoms. The van der Waals surface area contributed by atoms with E-state index < -0.39 is 0 Å². The summed E-state index contributed by atoms with van der Waals surface area (Å²) in [7, 11) is 0. The number of fused-ring (bicyclic) bond motifs is 1. The molecule has 26 heavy (non-hydrogen) atoms. The van der Waals surface area contributed by atoms with Gasteiger partial charge >= 0.3 is 0 Å². The highest BCUT2D eigenvalue weighted by Gasteiger charge is 2.30. The number of rotatable bonds is 3. The summed E-state index contributed by atoms with van der Waals surface area (Å²) in [6, 6.07) is 7.44. The Morgan fingerprint density at radius 3 is 2.65 bits per heavy atom. The number of benzene rings is 1. The fourth-order valence-corrected chi connectivity index (χ4v) is 4.28. The predicted octanol–water partition coefficient (Wildman–Crippen LogP) is 0.731. The molecule has 1 aliphatic heterocycles. The Morgan fingerprint density at radius 2 is 1.88 bits per heavy atom. The van der Waals surface area contributed by atoms with Gasteiger partial charge in [-0.05, 0) is 25.0 Å². The van der Waals surface area contributed by atoms with Crippen LogP contribution >= 0.6 is 0 Å². The number of hydrogen-bond donors (Lipinski definition) is 2. The minimum absolute atomic E-state index is 0.0730. The molecule has 6 nitrogen and oxygen atoms in total. The summed E-state index contributed by atoms with van der Waals surface area (Å²) in [4.78, 5) is 35.8. The van der Waals surface area contributed by atoms with Gasteiger partial charge in [-0.2, -0.15) is 0 Å². The van der Waals surface area contributed by atoms with Gasteiger partial charge in [-0.1, -0.05) is 31.4 Å². The molecule has 2 fully saturated rings. The topological polar surface area (TPSA) is 70.5 Å². The largest absolute Gasteiger partial charge is 0.331 e. The number of quaternary nitrogens is 1. The van der Waals surface area contributed by atoms with Gasteiger partial charge in [0.05, 0.1) is 37.1 Å². The highest BCUT2D eigenvalue weighted by atomic mass is 16.2. The Bertz CT molecular complexity index is 833. The summed E-state index contributed by atoms with van der Waals surface area (Å²) >= 11 is 0. The molecule has 0 bridgehead atoms. The van der Waals surface area contributed by atoms with Crippen LogP contribution in [-0.2, 0) is 11.3 Å². The van der Waals surface area contributed by atoms with E-state index in [0.29, 0.717) is 17.8 Å². The van der Waals surface area contributed by atoms with Crippen LogP contribution in [0.25, 0.3) is 10.9 Å². The van der Waals surface area contributed by atoms with Crippen LogP contribution in [0.4, 0.5) is 0 Å². The quantitative estimate of drug-likeness (QED) is 0.853. The summed E-state index contributed by atoms with van der Waals surface area (Å²) < 4.78 is 0. The van der Waals surface area contributed by atoms with Crippen molar-refractivity contribution in [2.24, 2.45) is 5.92 Å². The van der Waals surface area contributed by atoms with Crippen molar-refractivity contribution in [2.45, 2.75) is 38.6 Å². The number of piperazine rings is 1. The average Bonchev–Trinajstić information content (AvgIpc) is 2.69. The summed E-state index contributed by atoms with van der Waals surface area (Å²) in [6.07, 6.45) is 5.80. The van der Waals surface area contributed by atoms with E-state index >= 15 is 0 Å². The highest BCUT2D eigenvalue weighted by molar-refractivity contribution is 5.79. The number of hydrogen-bond acceptors (Lipinski definition) is 3. The van der Waals surface area contributed by atoms with Crippen LogP contribution in [0.1, 0.15) is 37.9 Å². The van der Waals surface area contributed by atoms with Crippen LogP contribution in [0, 0.1) is 5.92 Å². The van der Waals surface area contributed by atoms with Gasteiger partial charge in [0.1, 0.15) is 6.54 Å². The maximum Gasteiger partial charge on any atom is 0.258 e. The average molecular weight is 355 g/mol. The fraction of sp³-hybridized carbons (Fsp3) is 0.550. The van der Waals surface area contributed by atoms with Gasteiger partial charge in [-0.3, -0.25) is 9.59 Å². The SMILES string of the molecule is O=C(C1CCCCC1)N1CC[NH+](Cc2nc3ccccc3c(=O)[nH]2)CC1. The number of nitrogens with one attached hydrogen (secondary N) is 2. The lowest BCUT2D eigenvalue weighted by Crippen LogP contribution is -3.13. The van der Waals surface area contributed by atoms with Crippen LogP contribution in [0.5, 0.6) is 0 Å². The molecule has 1 saturated carbocycles. The van der Waals surface area contributed by atoms with E-state index in [1.807, 2.05) is 18.2 Å². The van der Waals surface area contributed by atoms with Gasteiger partial charge in [0.15, 0.2) is 5.82 Å². The summed E-state index contributed by atoms with van der Waals surface area (Å²) in [5.41, 5.74) is 0.674. The maximum absolute atomic E-state index is 12.7. The Kier molecular flexibility index (Phi) is 5.02. The van der Waals surface area contributed by atoms with Gasteiger partial charge in [0.25, 0.3) is 5.56 Å². The molecule has 1 aliphatic carbocycles. The van der Waals surface area contributed by atoms with Crippen molar-refractivity contribution in [1.29, 1.82) is 0 Å². The van der Waals surface area contributed by atoms with Crippen molar-refractivity contribution in [1.82, 2.24) is 14.9 Å². The molecule has 0 radical (unpaired) electrons. The van der Waals surface area contributed by atoms with Crippen molar-refractivity contribution >= 4 is 16.8 Å². The van der Waals surface area contributed by atoms with Crippen LogP contribution < -0.4 is 10.5 Å². The fourth-order valence-electron chi connectivity index (χ4n) is 4.28. The predicted molar refractivity (Wildman–Crippen MR) is 99.9 cm³/mol. The summed E-state index contributed by atoms with van der Waals surface area (Å²) in [5, 5.41) is 0.633. The Morgan fingerprint density at radius 1 is 1.15 bits per heavy atom. The molecule has 2 N–H and O–H groups in total. The Balaban J connectivity index is 1.36. The van der Waals surface area contributed by atoms with E-state index in [-0.39, 0.29) is 11.5 Å². The maximum atomic E-state index is 12.7. The number of H-pyrrole nitrogens is 1. The van der Waals surface area contributed by atoms with Gasteiger partial charge < -0.3 is 14.8 Å². The number of aromatic amines is 1. The molecule has 138 valence electrons. The molecule has 2 heterocycles. The molecule has 1 aromatic carbocycles. The third-order valence-electron chi connectivity index (χ3n) is 5.82. The van der Waals surface area contributed by atoms with Gasteiger partial charge in [-0.15, -0.1) is 0 Å². The molecule has 1 amide bonds. The molecular formula is C20H27N4O2+. The second-order valence-corrected chi connectivity index (χ2v) is 7.62. The number of carbonyl (C=O) groups is 1. The second-order valence-electron chi connectivity index (χ2n) is 7.62. The number of aromatic nitrogens is 2. The van der Waals surface area contributed by atoms with Crippen molar-refractivity contribution in [3.63, 3.8) is 0 Å². The monoisotopic (exact) mass is 355 g/mol. The Hall–Kier alpha value is -2.21. The van der Waals surface area contributed by atoms with E-state index in [2.05, 4.69) is 14.9 Å². The zero-order valence-electron chi connectivity index (χ0n) is 15.2. The standard InChI is InChI=1S/C20H26N4O2/c25-19-16-8-4-5-9-17(16)21-18(22-19)14-23-10-12-24(13-11-23)20(26)15-6-2-1-3-7-15/h4-5,8-9,15H,1-3,6-7,10-14H2,(H,21,22,25)/p+1. The van der Waals surface area contributed by atoms with Gasteiger partial charge in [-0.25, -0.2) is 4.98 Å². The Labute approximate surface area is 153 Å². The zero-order valence-corrected chi connectivity index (χ0v) is 15.2. The van der Waals surface area contributed by atoms with Crippen LogP contribution in [-0.4, -0.2) is 47.0 Å². The summed E-state index contributed by atoms with van der Waals surface area (Å²) in [5.74, 6) is 1.35. The molecule has 4 rings (SSSR count). The van der Waals surface area contributed by atoms with E-state index in [1.165, 1.54) is 24.2 Å². The lowest BCUT2D eigenvalue weighted by Gasteiger charge is -2.35.